The van der Waals surface area contributed by atoms with E-state index in [9.17, 15) is 0 Å². The Morgan fingerprint density at radius 1 is 0.789 bits per heavy atom. The predicted octanol–water partition coefficient (Wildman–Crippen LogP) is 5.61. The topological polar surface area (TPSA) is 0 Å². The molecule has 0 saturated heterocycles. The highest BCUT2D eigenvalue weighted by Crippen LogP contribution is 2.55. The van der Waals surface area contributed by atoms with Crippen LogP contribution in [-0.2, 0) is 0 Å². The summed E-state index contributed by atoms with van der Waals surface area (Å²) in [5.41, 5.74) is 0. The van der Waals surface area contributed by atoms with E-state index in [1.165, 1.54) is 55.2 Å². The van der Waals surface area contributed by atoms with Gasteiger partial charge in [-0.05, 0) is 80.4 Å². The van der Waals surface area contributed by atoms with Crippen molar-refractivity contribution in [1.82, 2.24) is 0 Å². The van der Waals surface area contributed by atoms with E-state index in [1.807, 2.05) is 0 Å². The maximum atomic E-state index is 2.33. The van der Waals surface area contributed by atoms with Crippen molar-refractivity contribution in [2.75, 3.05) is 24.6 Å². The first-order chi connectivity index (χ1) is 9.36. The SMILES string of the molecule is CCCCPC[C@@H]1C2CCC(C2)[C@@H]1CPCCCC. The van der Waals surface area contributed by atoms with Gasteiger partial charge in [-0.1, -0.05) is 26.7 Å². The highest BCUT2D eigenvalue weighted by molar-refractivity contribution is 7.38. The van der Waals surface area contributed by atoms with Crippen molar-refractivity contribution in [3.8, 4) is 0 Å². The van der Waals surface area contributed by atoms with Gasteiger partial charge in [-0.3, -0.25) is 0 Å². The van der Waals surface area contributed by atoms with Gasteiger partial charge in [0, 0.05) is 0 Å². The molecule has 0 aromatic carbocycles. The van der Waals surface area contributed by atoms with Gasteiger partial charge in [0.25, 0.3) is 0 Å². The van der Waals surface area contributed by atoms with Gasteiger partial charge in [0.05, 0.1) is 0 Å². The summed E-state index contributed by atoms with van der Waals surface area (Å²) < 4.78 is 0. The van der Waals surface area contributed by atoms with Crippen LogP contribution >= 0.6 is 17.2 Å². The van der Waals surface area contributed by atoms with Crippen molar-refractivity contribution in [2.24, 2.45) is 23.7 Å². The molecule has 0 amide bonds. The number of hydrogen-bond acceptors (Lipinski definition) is 0. The van der Waals surface area contributed by atoms with Crippen LogP contribution in [0.4, 0.5) is 0 Å². The van der Waals surface area contributed by atoms with E-state index in [1.54, 1.807) is 31.6 Å². The second-order valence-electron chi connectivity index (χ2n) is 6.78. The van der Waals surface area contributed by atoms with Crippen molar-refractivity contribution >= 4 is 17.2 Å². The minimum atomic E-state index is 1.15. The standard InChI is InChI=1S/C17H34P2/c1-3-5-9-18-12-16-14-7-8-15(11-14)17(16)13-19-10-6-4-2/h14-19H,3-13H2,1-2H3/t14?,15?,16-,17+. The Hall–Kier alpha value is 0.860. The van der Waals surface area contributed by atoms with Gasteiger partial charge in [-0.2, -0.15) is 0 Å². The molecule has 4 unspecified atom stereocenters. The molecule has 2 bridgehead atoms. The van der Waals surface area contributed by atoms with Gasteiger partial charge in [0.1, 0.15) is 0 Å². The average Bonchev–Trinajstić information content (AvgIpc) is 3.01. The average molecular weight is 300 g/mol. The monoisotopic (exact) mass is 300 g/mol. The molecule has 2 aliphatic carbocycles. The zero-order valence-corrected chi connectivity index (χ0v) is 15.1. The van der Waals surface area contributed by atoms with Crippen LogP contribution in [0.15, 0.2) is 0 Å². The predicted molar refractivity (Wildman–Crippen MR) is 93.7 cm³/mol. The van der Waals surface area contributed by atoms with Crippen LogP contribution in [-0.4, -0.2) is 24.6 Å². The quantitative estimate of drug-likeness (QED) is 0.363. The molecule has 0 heterocycles. The minimum absolute atomic E-state index is 1.15. The van der Waals surface area contributed by atoms with Crippen LogP contribution < -0.4 is 0 Å². The molecule has 0 aromatic rings. The van der Waals surface area contributed by atoms with Crippen molar-refractivity contribution < 1.29 is 0 Å². The summed E-state index contributed by atoms with van der Waals surface area (Å²) in [6, 6.07) is 0. The fourth-order valence-electron chi connectivity index (χ4n) is 4.31. The molecule has 19 heavy (non-hydrogen) atoms. The summed E-state index contributed by atoms with van der Waals surface area (Å²) in [6.45, 7) is 4.67. The third kappa shape index (κ3) is 4.68. The fourth-order valence-corrected chi connectivity index (χ4v) is 7.86. The zero-order chi connectivity index (χ0) is 13.5. The fraction of sp³-hybridized carbons (Fsp3) is 1.00. The minimum Gasteiger partial charge on any atom is -0.122 e. The molecule has 0 spiro atoms. The molecule has 0 aromatic heterocycles. The van der Waals surface area contributed by atoms with Gasteiger partial charge in [0.15, 0.2) is 0 Å². The lowest BCUT2D eigenvalue weighted by molar-refractivity contribution is 0.268. The summed E-state index contributed by atoms with van der Waals surface area (Å²) in [6.07, 6.45) is 16.8. The summed E-state index contributed by atoms with van der Waals surface area (Å²) in [7, 11) is 2.55. The molecule has 0 aliphatic heterocycles. The van der Waals surface area contributed by atoms with Gasteiger partial charge in [0.2, 0.25) is 0 Å². The van der Waals surface area contributed by atoms with Crippen LogP contribution in [0.25, 0.3) is 0 Å². The van der Waals surface area contributed by atoms with E-state index in [-0.39, 0.29) is 0 Å². The molecular weight excluding hydrogens is 266 g/mol. The Bertz CT molecular complexity index is 217. The lowest BCUT2D eigenvalue weighted by atomic mass is 9.81. The van der Waals surface area contributed by atoms with Crippen LogP contribution in [0.5, 0.6) is 0 Å². The molecular formula is C17H34P2. The van der Waals surface area contributed by atoms with Crippen molar-refractivity contribution in [2.45, 2.75) is 58.8 Å². The summed E-state index contributed by atoms with van der Waals surface area (Å²) in [5, 5.41) is 0. The Morgan fingerprint density at radius 2 is 1.26 bits per heavy atom. The molecule has 2 heteroatoms. The van der Waals surface area contributed by atoms with Crippen LogP contribution in [0, 0.1) is 23.7 Å². The molecule has 2 saturated carbocycles. The highest BCUT2D eigenvalue weighted by Gasteiger charge is 2.46. The first-order valence-electron chi connectivity index (χ1n) is 8.78. The van der Waals surface area contributed by atoms with E-state index >= 15 is 0 Å². The Kier molecular flexibility index (Phi) is 7.69. The van der Waals surface area contributed by atoms with Gasteiger partial charge in [-0.15, -0.1) is 17.2 Å². The molecule has 0 nitrogen and oxygen atoms in total. The lowest BCUT2D eigenvalue weighted by Gasteiger charge is -2.31. The van der Waals surface area contributed by atoms with E-state index < -0.39 is 0 Å². The third-order valence-corrected chi connectivity index (χ3v) is 8.38. The highest BCUT2D eigenvalue weighted by atomic mass is 31.1. The molecule has 2 fully saturated rings. The number of hydrogen-bond donors (Lipinski definition) is 0. The normalized spacial score (nSPS) is 34.4. The molecule has 0 radical (unpaired) electrons. The maximum absolute atomic E-state index is 2.33. The second-order valence-corrected chi connectivity index (χ2v) is 9.59. The van der Waals surface area contributed by atoms with E-state index in [0.29, 0.717) is 0 Å². The van der Waals surface area contributed by atoms with Crippen LogP contribution in [0.3, 0.4) is 0 Å². The third-order valence-electron chi connectivity index (χ3n) is 5.45. The molecule has 2 rings (SSSR count). The van der Waals surface area contributed by atoms with E-state index in [4.69, 9.17) is 0 Å². The molecule has 112 valence electrons. The molecule has 0 N–H and O–H groups in total. The van der Waals surface area contributed by atoms with E-state index in [0.717, 1.165) is 23.7 Å². The van der Waals surface area contributed by atoms with Crippen molar-refractivity contribution in [3.63, 3.8) is 0 Å². The van der Waals surface area contributed by atoms with Gasteiger partial charge >= 0.3 is 0 Å². The summed E-state index contributed by atoms with van der Waals surface area (Å²) in [5.74, 6) is 4.62. The summed E-state index contributed by atoms with van der Waals surface area (Å²) >= 11 is 0. The van der Waals surface area contributed by atoms with Crippen molar-refractivity contribution in [1.29, 1.82) is 0 Å². The van der Waals surface area contributed by atoms with E-state index in [2.05, 4.69) is 13.8 Å². The Balaban J connectivity index is 1.71. The first kappa shape index (κ1) is 16.2. The maximum Gasteiger partial charge on any atom is -0.0314 e. The van der Waals surface area contributed by atoms with Gasteiger partial charge < -0.3 is 0 Å². The molecule has 2 aliphatic rings. The number of rotatable bonds is 10. The van der Waals surface area contributed by atoms with Gasteiger partial charge in [-0.25, -0.2) is 0 Å². The summed E-state index contributed by atoms with van der Waals surface area (Å²) in [4.78, 5) is 0. The van der Waals surface area contributed by atoms with Crippen LogP contribution in [0.1, 0.15) is 58.8 Å². The lowest BCUT2D eigenvalue weighted by Crippen LogP contribution is -2.25. The second kappa shape index (κ2) is 9.00. The first-order valence-corrected chi connectivity index (χ1v) is 11.6. The van der Waals surface area contributed by atoms with Crippen molar-refractivity contribution in [3.05, 3.63) is 0 Å². The number of unbranched alkanes of at least 4 members (excludes halogenated alkanes) is 2. The number of fused-ring (bicyclic) bond motifs is 2. The zero-order valence-electron chi connectivity index (χ0n) is 13.1. The Morgan fingerprint density at radius 3 is 1.68 bits per heavy atom. The molecule has 6 atom stereocenters. The smallest absolute Gasteiger partial charge is 0.0314 e. The Labute approximate surface area is 124 Å². The largest absolute Gasteiger partial charge is 0.122 e. The van der Waals surface area contributed by atoms with Crippen LogP contribution in [0.2, 0.25) is 0 Å².